The van der Waals surface area contributed by atoms with E-state index in [4.69, 9.17) is 0 Å². The number of nitrogens with zero attached hydrogens (tertiary/aromatic N) is 1. The molecule has 0 radical (unpaired) electrons. The van der Waals surface area contributed by atoms with E-state index in [-0.39, 0.29) is 0 Å². The Bertz CT molecular complexity index is 371. The van der Waals surface area contributed by atoms with Crippen molar-refractivity contribution in [3.63, 3.8) is 0 Å². The van der Waals surface area contributed by atoms with Gasteiger partial charge in [0.15, 0.2) is 0 Å². The maximum absolute atomic E-state index is 2.41. The first-order valence-electron chi connectivity index (χ1n) is 14.4. The molecule has 0 aromatic carbocycles. The molecule has 0 aliphatic carbocycles. The number of hydrogen-bond donors (Lipinski definition) is 0. The van der Waals surface area contributed by atoms with Crippen molar-refractivity contribution in [1.29, 1.82) is 0 Å². The average Bonchev–Trinajstić information content (AvgIpc) is 2.78. The zero-order valence-electron chi connectivity index (χ0n) is 22.0. The summed E-state index contributed by atoms with van der Waals surface area (Å²) in [5.74, 6) is 0. The predicted octanol–water partition coefficient (Wildman–Crippen LogP) is 11.0. The summed E-state index contributed by atoms with van der Waals surface area (Å²) in [7, 11) is 0. The third kappa shape index (κ3) is 25.4. The largest absolute Gasteiger partial charge is 0.355 e. The van der Waals surface area contributed by atoms with Crippen LogP contribution in [0.5, 0.6) is 0 Å². The molecule has 0 bridgehead atoms. The van der Waals surface area contributed by atoms with Crippen LogP contribution in [0.2, 0.25) is 0 Å². The van der Waals surface area contributed by atoms with E-state index in [2.05, 4.69) is 50.2 Å². The smallest absolute Gasteiger partial charge is 0.0219 e. The van der Waals surface area contributed by atoms with Crippen molar-refractivity contribution in [1.82, 2.24) is 4.90 Å². The van der Waals surface area contributed by atoms with Crippen molar-refractivity contribution in [3.05, 3.63) is 24.6 Å². The Hall–Kier alpha value is -0.720. The molecule has 0 aliphatic rings. The van der Waals surface area contributed by atoms with Crippen LogP contribution in [0.15, 0.2) is 24.6 Å². The summed E-state index contributed by atoms with van der Waals surface area (Å²) in [5.41, 5.74) is 0. The maximum Gasteiger partial charge on any atom is 0.0219 e. The first-order valence-corrected chi connectivity index (χ1v) is 14.4. The van der Waals surface area contributed by atoms with Crippen molar-refractivity contribution in [2.24, 2.45) is 0 Å². The lowest BCUT2D eigenvalue weighted by molar-refractivity contribution is 0.480. The minimum absolute atomic E-state index is 1.16. The van der Waals surface area contributed by atoms with E-state index in [1.54, 1.807) is 0 Å². The first kappa shape index (κ1) is 30.3. The summed E-state index contributed by atoms with van der Waals surface area (Å²) < 4.78 is 0. The fourth-order valence-electron chi connectivity index (χ4n) is 4.11. The SMILES string of the molecule is CCCCCCC=CN(C=CCCCCCCCCCCCCCCCC)CCCC. The second-order valence-electron chi connectivity index (χ2n) is 9.60. The van der Waals surface area contributed by atoms with Crippen molar-refractivity contribution >= 4 is 0 Å². The predicted molar refractivity (Wildman–Crippen MR) is 144 cm³/mol. The molecule has 0 saturated carbocycles. The van der Waals surface area contributed by atoms with Gasteiger partial charge in [-0.2, -0.15) is 0 Å². The van der Waals surface area contributed by atoms with Gasteiger partial charge in [-0.15, -0.1) is 0 Å². The third-order valence-electron chi connectivity index (χ3n) is 6.31. The Kier molecular flexibility index (Phi) is 26.7. The van der Waals surface area contributed by atoms with Crippen molar-refractivity contribution in [3.8, 4) is 0 Å². The molecule has 31 heavy (non-hydrogen) atoms. The molecular formula is C30H59N. The summed E-state index contributed by atoms with van der Waals surface area (Å²) in [6.07, 6.45) is 40.1. The fourth-order valence-corrected chi connectivity index (χ4v) is 4.11. The minimum atomic E-state index is 1.16. The average molecular weight is 434 g/mol. The summed E-state index contributed by atoms with van der Waals surface area (Å²) >= 11 is 0. The van der Waals surface area contributed by atoms with E-state index in [9.17, 15) is 0 Å². The van der Waals surface area contributed by atoms with E-state index in [0.717, 1.165) is 6.54 Å². The molecule has 0 unspecified atom stereocenters. The maximum atomic E-state index is 2.41. The van der Waals surface area contributed by atoms with Crippen molar-refractivity contribution in [2.75, 3.05) is 6.54 Å². The lowest BCUT2D eigenvalue weighted by atomic mass is 10.0. The van der Waals surface area contributed by atoms with Gasteiger partial charge in [0.1, 0.15) is 0 Å². The molecule has 0 rings (SSSR count). The number of allylic oxidation sites excluding steroid dienone is 2. The van der Waals surface area contributed by atoms with Gasteiger partial charge < -0.3 is 4.90 Å². The molecule has 0 atom stereocenters. The molecule has 0 amide bonds. The van der Waals surface area contributed by atoms with Gasteiger partial charge >= 0.3 is 0 Å². The summed E-state index contributed by atoms with van der Waals surface area (Å²) in [4.78, 5) is 2.41. The number of hydrogen-bond acceptors (Lipinski definition) is 1. The second-order valence-corrected chi connectivity index (χ2v) is 9.60. The standard InChI is InChI=1S/C30H59N/c1-4-7-10-12-14-15-16-17-18-19-20-21-22-23-25-27-30-31(28-9-6-3)29-26-24-13-11-8-5-2/h26-27,29-30H,4-25,28H2,1-3H3. The van der Waals surface area contributed by atoms with Crippen LogP contribution in [0.3, 0.4) is 0 Å². The van der Waals surface area contributed by atoms with Gasteiger partial charge in [-0.25, -0.2) is 0 Å². The van der Waals surface area contributed by atoms with Crippen LogP contribution in [-0.2, 0) is 0 Å². The molecule has 1 nitrogen and oxygen atoms in total. The Labute approximate surface area is 198 Å². The van der Waals surface area contributed by atoms with E-state index >= 15 is 0 Å². The highest BCUT2D eigenvalue weighted by molar-refractivity contribution is 4.92. The van der Waals surface area contributed by atoms with Gasteiger partial charge in [0.05, 0.1) is 0 Å². The van der Waals surface area contributed by atoms with Crippen molar-refractivity contribution in [2.45, 2.75) is 162 Å². The van der Waals surface area contributed by atoms with Gasteiger partial charge in [-0.05, 0) is 44.5 Å². The summed E-state index contributed by atoms with van der Waals surface area (Å²) in [6, 6.07) is 0. The summed E-state index contributed by atoms with van der Waals surface area (Å²) in [5, 5.41) is 0. The highest BCUT2D eigenvalue weighted by Crippen LogP contribution is 2.13. The van der Waals surface area contributed by atoms with Gasteiger partial charge in [-0.3, -0.25) is 0 Å². The topological polar surface area (TPSA) is 3.24 Å². The van der Waals surface area contributed by atoms with Crippen molar-refractivity contribution < 1.29 is 0 Å². The Morgan fingerprint density at radius 1 is 0.387 bits per heavy atom. The molecule has 0 fully saturated rings. The monoisotopic (exact) mass is 433 g/mol. The molecular weight excluding hydrogens is 374 g/mol. The number of unbranched alkanes of at least 4 members (excludes halogenated alkanes) is 19. The Balaban J connectivity index is 3.57. The van der Waals surface area contributed by atoms with Crippen LogP contribution in [0.4, 0.5) is 0 Å². The van der Waals surface area contributed by atoms with Crippen LogP contribution < -0.4 is 0 Å². The van der Waals surface area contributed by atoms with E-state index in [1.807, 2.05) is 0 Å². The highest BCUT2D eigenvalue weighted by Gasteiger charge is 1.95. The normalized spacial score (nSPS) is 11.8. The van der Waals surface area contributed by atoms with Crippen LogP contribution in [0.1, 0.15) is 162 Å². The molecule has 1 heteroatoms. The zero-order valence-corrected chi connectivity index (χ0v) is 22.0. The molecule has 0 N–H and O–H groups in total. The van der Waals surface area contributed by atoms with E-state index < -0.39 is 0 Å². The van der Waals surface area contributed by atoms with Crippen LogP contribution in [-0.4, -0.2) is 11.4 Å². The van der Waals surface area contributed by atoms with Gasteiger partial charge in [0.2, 0.25) is 0 Å². The van der Waals surface area contributed by atoms with Gasteiger partial charge in [0.25, 0.3) is 0 Å². The molecule has 0 aliphatic heterocycles. The van der Waals surface area contributed by atoms with Gasteiger partial charge in [-0.1, -0.05) is 142 Å². The fraction of sp³-hybridized carbons (Fsp3) is 0.867. The van der Waals surface area contributed by atoms with Crippen LogP contribution in [0.25, 0.3) is 0 Å². The molecule has 0 heterocycles. The Morgan fingerprint density at radius 2 is 0.710 bits per heavy atom. The third-order valence-corrected chi connectivity index (χ3v) is 6.31. The first-order chi connectivity index (χ1) is 15.3. The van der Waals surface area contributed by atoms with E-state index in [1.165, 1.54) is 141 Å². The minimum Gasteiger partial charge on any atom is -0.355 e. The lowest BCUT2D eigenvalue weighted by Crippen LogP contribution is -2.10. The highest BCUT2D eigenvalue weighted by atomic mass is 15.1. The van der Waals surface area contributed by atoms with Crippen LogP contribution in [0, 0.1) is 0 Å². The summed E-state index contributed by atoms with van der Waals surface area (Å²) in [6.45, 7) is 8.03. The molecule has 0 saturated heterocycles. The molecule has 0 spiro atoms. The van der Waals surface area contributed by atoms with Gasteiger partial charge in [0, 0.05) is 6.54 Å². The molecule has 0 aromatic heterocycles. The van der Waals surface area contributed by atoms with Crippen LogP contribution >= 0.6 is 0 Å². The zero-order chi connectivity index (χ0) is 22.7. The number of rotatable bonds is 25. The lowest BCUT2D eigenvalue weighted by Gasteiger charge is -2.15. The quantitative estimate of drug-likeness (QED) is 0.129. The Morgan fingerprint density at radius 3 is 1.10 bits per heavy atom. The molecule has 0 aromatic rings. The molecule has 184 valence electrons. The van der Waals surface area contributed by atoms with E-state index in [0.29, 0.717) is 0 Å². The second kappa shape index (κ2) is 27.3.